The second-order valence-corrected chi connectivity index (χ2v) is 3.22. The molecule has 1 atom stereocenters. The van der Waals surface area contributed by atoms with Crippen molar-refractivity contribution in [1.29, 1.82) is 0 Å². The van der Waals surface area contributed by atoms with Gasteiger partial charge >= 0.3 is 0 Å². The summed E-state index contributed by atoms with van der Waals surface area (Å²) in [6.07, 6.45) is 0. The van der Waals surface area contributed by atoms with Crippen molar-refractivity contribution in [2.45, 2.75) is 6.92 Å². The average molecular weight is 180 g/mol. The second-order valence-electron chi connectivity index (χ2n) is 3.22. The molecule has 0 saturated heterocycles. The maximum atomic E-state index is 12.7. The number of rotatable bonds is 0. The lowest BCUT2D eigenvalue weighted by Crippen LogP contribution is -2.25. The van der Waals surface area contributed by atoms with E-state index in [0.717, 1.165) is 0 Å². The Hall–Kier alpha value is -1.38. The van der Waals surface area contributed by atoms with Crippen molar-refractivity contribution < 1.29 is 13.9 Å². The van der Waals surface area contributed by atoms with E-state index in [2.05, 4.69) is 0 Å². The zero-order chi connectivity index (χ0) is 9.42. The zero-order valence-corrected chi connectivity index (χ0v) is 7.21. The van der Waals surface area contributed by atoms with E-state index in [0.29, 0.717) is 17.9 Å². The maximum Gasteiger partial charge on any atom is 0.172 e. The quantitative estimate of drug-likeness (QED) is 0.610. The van der Waals surface area contributed by atoms with Crippen molar-refractivity contribution in [3.63, 3.8) is 0 Å². The lowest BCUT2D eigenvalue weighted by atomic mass is 9.97. The summed E-state index contributed by atoms with van der Waals surface area (Å²) in [5.74, 6) is -0.108. The molecule has 13 heavy (non-hydrogen) atoms. The van der Waals surface area contributed by atoms with Gasteiger partial charge < -0.3 is 4.74 Å². The van der Waals surface area contributed by atoms with Crippen molar-refractivity contribution in [3.8, 4) is 5.75 Å². The Morgan fingerprint density at radius 3 is 3.08 bits per heavy atom. The number of carbonyl (C=O) groups is 1. The maximum absolute atomic E-state index is 12.7. The third-order valence-corrected chi connectivity index (χ3v) is 2.15. The van der Waals surface area contributed by atoms with Gasteiger partial charge in [0.05, 0.1) is 18.1 Å². The van der Waals surface area contributed by atoms with Crippen LogP contribution in [0.5, 0.6) is 5.75 Å². The van der Waals surface area contributed by atoms with Gasteiger partial charge in [-0.3, -0.25) is 4.79 Å². The number of halogens is 1. The molecule has 0 spiro atoms. The summed E-state index contributed by atoms with van der Waals surface area (Å²) in [5.41, 5.74) is 0.486. The molecule has 0 saturated carbocycles. The summed E-state index contributed by atoms with van der Waals surface area (Å²) in [6.45, 7) is 2.14. The zero-order valence-electron chi connectivity index (χ0n) is 7.21. The van der Waals surface area contributed by atoms with Gasteiger partial charge in [0.1, 0.15) is 11.6 Å². The molecule has 68 valence electrons. The van der Waals surface area contributed by atoms with Crippen LogP contribution in [0.15, 0.2) is 18.2 Å². The van der Waals surface area contributed by atoms with Gasteiger partial charge in [-0.15, -0.1) is 0 Å². The van der Waals surface area contributed by atoms with Crippen LogP contribution in [-0.2, 0) is 0 Å². The number of fused-ring (bicyclic) bond motifs is 1. The molecule has 1 aromatic rings. The largest absolute Gasteiger partial charge is 0.492 e. The van der Waals surface area contributed by atoms with E-state index < -0.39 is 0 Å². The van der Waals surface area contributed by atoms with E-state index >= 15 is 0 Å². The monoisotopic (exact) mass is 180 g/mol. The normalized spacial score (nSPS) is 20.8. The second kappa shape index (κ2) is 2.83. The minimum absolute atomic E-state index is 0.0289. The Kier molecular flexibility index (Phi) is 1.79. The molecule has 1 aliphatic heterocycles. The van der Waals surface area contributed by atoms with E-state index in [-0.39, 0.29) is 17.5 Å². The van der Waals surface area contributed by atoms with Gasteiger partial charge in [0.2, 0.25) is 0 Å². The van der Waals surface area contributed by atoms with Crippen molar-refractivity contribution in [1.82, 2.24) is 0 Å². The molecule has 1 aromatic carbocycles. The topological polar surface area (TPSA) is 26.3 Å². The predicted molar refractivity (Wildman–Crippen MR) is 45.4 cm³/mol. The fraction of sp³-hybridized carbons (Fsp3) is 0.300. The molecule has 3 heteroatoms. The summed E-state index contributed by atoms with van der Waals surface area (Å²) < 4.78 is 18.0. The van der Waals surface area contributed by atoms with Crippen molar-refractivity contribution in [2.75, 3.05) is 6.61 Å². The van der Waals surface area contributed by atoms with E-state index in [1.807, 2.05) is 0 Å². The number of carbonyl (C=O) groups excluding carboxylic acids is 1. The summed E-state index contributed by atoms with van der Waals surface area (Å²) in [5, 5.41) is 0. The first-order valence-corrected chi connectivity index (χ1v) is 4.15. The highest BCUT2D eigenvalue weighted by Crippen LogP contribution is 2.27. The third kappa shape index (κ3) is 1.30. The van der Waals surface area contributed by atoms with Gasteiger partial charge in [-0.05, 0) is 12.1 Å². The highest BCUT2D eigenvalue weighted by Gasteiger charge is 2.25. The molecule has 0 unspecified atom stereocenters. The van der Waals surface area contributed by atoms with E-state index in [4.69, 9.17) is 4.74 Å². The van der Waals surface area contributed by atoms with E-state index in [1.54, 1.807) is 6.92 Å². The van der Waals surface area contributed by atoms with E-state index in [9.17, 15) is 9.18 Å². The molecule has 0 N–H and O–H groups in total. The lowest BCUT2D eigenvalue weighted by Gasteiger charge is -2.20. The number of benzene rings is 1. The Labute approximate surface area is 75.3 Å². The molecule has 0 radical (unpaired) electrons. The summed E-state index contributed by atoms with van der Waals surface area (Å²) >= 11 is 0. The SMILES string of the molecule is C[C@H]1COc2cc(F)ccc2C1=O. The number of ketones is 1. The van der Waals surface area contributed by atoms with Gasteiger partial charge in [-0.25, -0.2) is 4.39 Å². The average Bonchev–Trinajstić information content (AvgIpc) is 2.12. The Bertz CT molecular complexity index is 360. The van der Waals surface area contributed by atoms with Crippen LogP contribution in [0.4, 0.5) is 4.39 Å². The minimum Gasteiger partial charge on any atom is -0.492 e. The van der Waals surface area contributed by atoms with Crippen LogP contribution in [0.3, 0.4) is 0 Å². The Morgan fingerprint density at radius 1 is 1.54 bits per heavy atom. The fourth-order valence-corrected chi connectivity index (χ4v) is 1.38. The van der Waals surface area contributed by atoms with E-state index in [1.165, 1.54) is 18.2 Å². The molecular formula is C10H9FO2. The summed E-state index contributed by atoms with van der Waals surface area (Å²) in [6, 6.07) is 4.00. The molecule has 2 nitrogen and oxygen atoms in total. The van der Waals surface area contributed by atoms with Crippen LogP contribution in [0.1, 0.15) is 17.3 Å². The standard InChI is InChI=1S/C10H9FO2/c1-6-5-13-9-4-7(11)2-3-8(9)10(6)12/h2-4,6H,5H2,1H3/t6-/m0/s1. The van der Waals surface area contributed by atoms with Gasteiger partial charge in [0.25, 0.3) is 0 Å². The van der Waals surface area contributed by atoms with Gasteiger partial charge in [0, 0.05) is 6.07 Å². The van der Waals surface area contributed by atoms with Gasteiger partial charge in [-0.2, -0.15) is 0 Å². The number of hydrogen-bond acceptors (Lipinski definition) is 2. The molecule has 0 aliphatic carbocycles. The smallest absolute Gasteiger partial charge is 0.172 e. The van der Waals surface area contributed by atoms with Crippen LogP contribution >= 0.6 is 0 Å². The lowest BCUT2D eigenvalue weighted by molar-refractivity contribution is 0.0848. The van der Waals surface area contributed by atoms with Crippen LogP contribution < -0.4 is 4.74 Å². The van der Waals surface area contributed by atoms with Crippen LogP contribution in [0.25, 0.3) is 0 Å². The molecule has 1 aliphatic rings. The summed E-state index contributed by atoms with van der Waals surface area (Å²) in [4.78, 5) is 11.5. The highest BCUT2D eigenvalue weighted by molar-refractivity contribution is 6.01. The fourth-order valence-electron chi connectivity index (χ4n) is 1.38. The number of hydrogen-bond donors (Lipinski definition) is 0. The molecule has 1 heterocycles. The Balaban J connectivity index is 2.50. The number of Topliss-reactive ketones (excluding diaryl/α,β-unsaturated/α-hetero) is 1. The molecule has 0 aromatic heterocycles. The van der Waals surface area contributed by atoms with Crippen LogP contribution in [0.2, 0.25) is 0 Å². The molecule has 0 fully saturated rings. The molecule has 2 rings (SSSR count). The van der Waals surface area contributed by atoms with Crippen molar-refractivity contribution >= 4 is 5.78 Å². The number of ether oxygens (including phenoxy) is 1. The van der Waals surface area contributed by atoms with Gasteiger partial charge in [0.15, 0.2) is 5.78 Å². The third-order valence-electron chi connectivity index (χ3n) is 2.15. The first-order valence-electron chi connectivity index (χ1n) is 4.15. The van der Waals surface area contributed by atoms with Crippen LogP contribution in [-0.4, -0.2) is 12.4 Å². The van der Waals surface area contributed by atoms with Crippen molar-refractivity contribution in [3.05, 3.63) is 29.6 Å². The first-order chi connectivity index (χ1) is 6.18. The van der Waals surface area contributed by atoms with Gasteiger partial charge in [-0.1, -0.05) is 6.92 Å². The van der Waals surface area contributed by atoms with Crippen LogP contribution in [0, 0.1) is 11.7 Å². The molecule has 0 amide bonds. The van der Waals surface area contributed by atoms with Crippen molar-refractivity contribution in [2.24, 2.45) is 5.92 Å². The minimum atomic E-state index is -0.374. The summed E-state index contributed by atoms with van der Waals surface area (Å²) in [7, 11) is 0. The molecular weight excluding hydrogens is 171 g/mol. The highest BCUT2D eigenvalue weighted by atomic mass is 19.1. The molecule has 0 bridgehead atoms. The first kappa shape index (κ1) is 8.23. The Morgan fingerprint density at radius 2 is 2.31 bits per heavy atom. The predicted octanol–water partition coefficient (Wildman–Crippen LogP) is 2.04.